The van der Waals surface area contributed by atoms with E-state index < -0.39 is 0 Å². The van der Waals surface area contributed by atoms with Crippen molar-refractivity contribution in [3.8, 4) is 11.3 Å². The van der Waals surface area contributed by atoms with E-state index in [4.69, 9.17) is 4.98 Å². The van der Waals surface area contributed by atoms with Crippen LogP contribution in [0, 0.1) is 13.8 Å². The average Bonchev–Trinajstić information content (AvgIpc) is 2.55. The first-order valence-corrected chi connectivity index (χ1v) is 8.24. The molecular weight excluding hydrogens is 296 g/mol. The van der Waals surface area contributed by atoms with Crippen molar-refractivity contribution >= 4 is 16.8 Å². The molecule has 1 amide bonds. The van der Waals surface area contributed by atoms with Gasteiger partial charge >= 0.3 is 0 Å². The Labute approximate surface area is 142 Å². The molecule has 0 aliphatic heterocycles. The lowest BCUT2D eigenvalue weighted by atomic mass is 10.0. The van der Waals surface area contributed by atoms with Crippen LogP contribution in [0.25, 0.3) is 22.2 Å². The minimum atomic E-state index is -0.0614. The molecule has 122 valence electrons. The van der Waals surface area contributed by atoms with Crippen molar-refractivity contribution in [3.63, 3.8) is 0 Å². The molecule has 0 spiro atoms. The van der Waals surface area contributed by atoms with Crippen molar-refractivity contribution in [1.82, 2.24) is 10.3 Å². The number of para-hydroxylation sites is 1. The van der Waals surface area contributed by atoms with Crippen molar-refractivity contribution in [1.29, 1.82) is 0 Å². The molecule has 0 saturated heterocycles. The summed E-state index contributed by atoms with van der Waals surface area (Å²) >= 11 is 0. The largest absolute Gasteiger partial charge is 0.350 e. The normalized spacial score (nSPS) is 11.0. The Bertz CT molecular complexity index is 913. The molecule has 0 bridgehead atoms. The molecular formula is C21H22N2O. The summed E-state index contributed by atoms with van der Waals surface area (Å²) in [6.45, 7) is 8.11. The fourth-order valence-corrected chi connectivity index (χ4v) is 2.75. The Morgan fingerprint density at radius 3 is 2.46 bits per heavy atom. The molecule has 0 radical (unpaired) electrons. The van der Waals surface area contributed by atoms with E-state index in [1.807, 2.05) is 44.2 Å². The number of carbonyl (C=O) groups excluding carboxylic acids is 1. The van der Waals surface area contributed by atoms with Gasteiger partial charge in [-0.3, -0.25) is 4.79 Å². The second-order valence-electron chi connectivity index (χ2n) is 6.50. The third kappa shape index (κ3) is 3.16. The third-order valence-corrected chi connectivity index (χ3v) is 4.18. The molecule has 3 heteroatoms. The van der Waals surface area contributed by atoms with Crippen LogP contribution in [0.1, 0.15) is 35.3 Å². The van der Waals surface area contributed by atoms with E-state index in [0.717, 1.165) is 22.2 Å². The number of fused-ring (bicyclic) bond motifs is 1. The van der Waals surface area contributed by atoms with Crippen molar-refractivity contribution in [2.24, 2.45) is 0 Å². The molecule has 0 fully saturated rings. The minimum absolute atomic E-state index is 0.0614. The predicted molar refractivity (Wildman–Crippen MR) is 99.3 cm³/mol. The van der Waals surface area contributed by atoms with E-state index in [9.17, 15) is 4.79 Å². The highest BCUT2D eigenvalue weighted by atomic mass is 16.1. The first kappa shape index (κ1) is 16.2. The summed E-state index contributed by atoms with van der Waals surface area (Å²) in [7, 11) is 0. The van der Waals surface area contributed by atoms with Crippen LogP contribution in [0.5, 0.6) is 0 Å². The monoisotopic (exact) mass is 318 g/mol. The van der Waals surface area contributed by atoms with Crippen LogP contribution < -0.4 is 5.32 Å². The van der Waals surface area contributed by atoms with Gasteiger partial charge in [0.05, 0.1) is 16.8 Å². The van der Waals surface area contributed by atoms with Crippen LogP contribution in [0.3, 0.4) is 0 Å². The fourth-order valence-electron chi connectivity index (χ4n) is 2.75. The number of pyridine rings is 1. The molecule has 0 saturated carbocycles. The Morgan fingerprint density at radius 1 is 1.00 bits per heavy atom. The van der Waals surface area contributed by atoms with Crippen molar-refractivity contribution < 1.29 is 4.79 Å². The predicted octanol–water partition coefficient (Wildman–Crippen LogP) is 4.66. The zero-order chi connectivity index (χ0) is 17.3. The maximum Gasteiger partial charge on any atom is 0.252 e. The number of carbonyl (C=O) groups is 1. The van der Waals surface area contributed by atoms with Gasteiger partial charge in [-0.05, 0) is 57.0 Å². The zero-order valence-electron chi connectivity index (χ0n) is 14.6. The lowest BCUT2D eigenvalue weighted by Gasteiger charge is -2.13. The average molecular weight is 318 g/mol. The van der Waals surface area contributed by atoms with Crippen molar-refractivity contribution in [3.05, 3.63) is 65.2 Å². The number of benzene rings is 2. The molecule has 24 heavy (non-hydrogen) atoms. The van der Waals surface area contributed by atoms with Gasteiger partial charge in [0.25, 0.3) is 5.91 Å². The molecule has 0 aliphatic carbocycles. The third-order valence-electron chi connectivity index (χ3n) is 4.18. The zero-order valence-corrected chi connectivity index (χ0v) is 14.6. The highest BCUT2D eigenvalue weighted by molar-refractivity contribution is 6.07. The summed E-state index contributed by atoms with van der Waals surface area (Å²) < 4.78 is 0. The number of aromatic nitrogens is 1. The molecule has 0 atom stereocenters. The first-order chi connectivity index (χ1) is 11.5. The van der Waals surface area contributed by atoms with Crippen molar-refractivity contribution in [2.75, 3.05) is 0 Å². The van der Waals surface area contributed by atoms with Crippen LogP contribution in [-0.4, -0.2) is 16.9 Å². The second kappa shape index (κ2) is 6.44. The van der Waals surface area contributed by atoms with Crippen LogP contribution in [0.2, 0.25) is 0 Å². The molecule has 3 nitrogen and oxygen atoms in total. The number of aryl methyl sites for hydroxylation is 2. The summed E-state index contributed by atoms with van der Waals surface area (Å²) in [4.78, 5) is 17.4. The van der Waals surface area contributed by atoms with Gasteiger partial charge in [0.2, 0.25) is 0 Å². The highest BCUT2D eigenvalue weighted by Crippen LogP contribution is 2.26. The Morgan fingerprint density at radius 2 is 1.75 bits per heavy atom. The number of hydrogen-bond acceptors (Lipinski definition) is 2. The number of amides is 1. The van der Waals surface area contributed by atoms with Gasteiger partial charge in [0.15, 0.2) is 0 Å². The van der Waals surface area contributed by atoms with E-state index in [-0.39, 0.29) is 11.9 Å². The molecule has 1 heterocycles. The fraction of sp³-hybridized carbons (Fsp3) is 0.238. The van der Waals surface area contributed by atoms with E-state index in [1.54, 1.807) is 0 Å². The Hall–Kier alpha value is -2.68. The maximum absolute atomic E-state index is 12.6. The maximum atomic E-state index is 12.6. The van der Waals surface area contributed by atoms with Gasteiger partial charge in [-0.25, -0.2) is 4.98 Å². The SMILES string of the molecule is Cc1ccc(-c2cc(C(=O)NC(C)C)c3ccccc3n2)cc1C. The molecule has 2 aromatic carbocycles. The summed E-state index contributed by atoms with van der Waals surface area (Å²) in [6, 6.07) is 16.0. The quantitative estimate of drug-likeness (QED) is 0.763. The molecule has 3 rings (SSSR count). The standard InChI is InChI=1S/C21H22N2O/c1-13(2)22-21(24)18-12-20(16-10-9-14(3)15(4)11-16)23-19-8-6-5-7-17(18)19/h5-13H,1-4H3,(H,22,24). The smallest absolute Gasteiger partial charge is 0.252 e. The summed E-state index contributed by atoms with van der Waals surface area (Å²) in [5.74, 6) is -0.0614. The lowest BCUT2D eigenvalue weighted by Crippen LogP contribution is -2.30. The number of nitrogens with one attached hydrogen (secondary N) is 1. The van der Waals surface area contributed by atoms with E-state index in [0.29, 0.717) is 5.56 Å². The number of hydrogen-bond donors (Lipinski definition) is 1. The van der Waals surface area contributed by atoms with Gasteiger partial charge in [-0.15, -0.1) is 0 Å². The van der Waals surface area contributed by atoms with Gasteiger partial charge in [-0.2, -0.15) is 0 Å². The Kier molecular flexibility index (Phi) is 4.34. The van der Waals surface area contributed by atoms with Crippen LogP contribution >= 0.6 is 0 Å². The number of nitrogens with zero attached hydrogens (tertiary/aromatic N) is 1. The molecule has 1 N–H and O–H groups in total. The first-order valence-electron chi connectivity index (χ1n) is 8.24. The van der Waals surface area contributed by atoms with Crippen LogP contribution in [0.15, 0.2) is 48.5 Å². The van der Waals surface area contributed by atoms with E-state index >= 15 is 0 Å². The van der Waals surface area contributed by atoms with E-state index in [1.165, 1.54) is 11.1 Å². The molecule has 0 unspecified atom stereocenters. The van der Waals surface area contributed by atoms with Gasteiger partial charge < -0.3 is 5.32 Å². The Balaban J connectivity index is 2.19. The van der Waals surface area contributed by atoms with E-state index in [2.05, 4.69) is 37.4 Å². The van der Waals surface area contributed by atoms with Gasteiger partial charge in [0, 0.05) is 17.0 Å². The summed E-state index contributed by atoms with van der Waals surface area (Å²) in [5, 5.41) is 3.86. The number of rotatable bonds is 3. The summed E-state index contributed by atoms with van der Waals surface area (Å²) in [6.07, 6.45) is 0. The molecule has 3 aromatic rings. The summed E-state index contributed by atoms with van der Waals surface area (Å²) in [5.41, 5.74) is 5.82. The second-order valence-corrected chi connectivity index (χ2v) is 6.50. The lowest BCUT2D eigenvalue weighted by molar-refractivity contribution is 0.0945. The van der Waals surface area contributed by atoms with Crippen molar-refractivity contribution in [2.45, 2.75) is 33.7 Å². The van der Waals surface area contributed by atoms with Crippen LogP contribution in [-0.2, 0) is 0 Å². The van der Waals surface area contributed by atoms with Gasteiger partial charge in [-0.1, -0.05) is 30.3 Å². The molecule has 0 aliphatic rings. The topological polar surface area (TPSA) is 42.0 Å². The van der Waals surface area contributed by atoms with Crippen LogP contribution in [0.4, 0.5) is 0 Å². The molecule has 1 aromatic heterocycles. The van der Waals surface area contributed by atoms with Gasteiger partial charge in [0.1, 0.15) is 0 Å². The highest BCUT2D eigenvalue weighted by Gasteiger charge is 2.14. The minimum Gasteiger partial charge on any atom is -0.350 e.